The van der Waals surface area contributed by atoms with Gasteiger partial charge >= 0.3 is 0 Å². The fraction of sp³-hybridized carbons (Fsp3) is 0.562. The number of nitrogens with one attached hydrogen (secondary N) is 1. The van der Waals surface area contributed by atoms with Crippen molar-refractivity contribution in [3.05, 3.63) is 33.8 Å². The van der Waals surface area contributed by atoms with E-state index in [1.165, 1.54) is 0 Å². The van der Waals surface area contributed by atoms with Crippen LogP contribution in [0.3, 0.4) is 0 Å². The quantitative estimate of drug-likeness (QED) is 0.823. The second-order valence-electron chi connectivity index (χ2n) is 5.74. The Morgan fingerprint density at radius 1 is 1.29 bits per heavy atom. The number of piperazine rings is 1. The minimum Gasteiger partial charge on any atom is -0.352 e. The lowest BCUT2D eigenvalue weighted by Gasteiger charge is -2.32. The maximum absolute atomic E-state index is 12.1. The number of nitrogens with zero attached hydrogens (tertiary/aromatic N) is 2. The van der Waals surface area contributed by atoms with E-state index in [0.29, 0.717) is 5.56 Å². The molecular formula is C16H24BrN3O. The maximum Gasteiger partial charge on any atom is 0.252 e. The van der Waals surface area contributed by atoms with E-state index in [9.17, 15) is 4.79 Å². The van der Waals surface area contributed by atoms with Gasteiger partial charge in [-0.1, -0.05) is 6.07 Å². The van der Waals surface area contributed by atoms with E-state index in [-0.39, 0.29) is 5.91 Å². The van der Waals surface area contributed by atoms with Gasteiger partial charge in [0.15, 0.2) is 0 Å². The predicted octanol–water partition coefficient (Wildman–Crippen LogP) is 2.12. The number of likely N-dealkylation sites (N-methyl/N-ethyl adjacent to an activating group) is 1. The Labute approximate surface area is 135 Å². The first-order chi connectivity index (χ1) is 10.1. The Kier molecular flexibility index (Phi) is 6.21. The first-order valence-electron chi connectivity index (χ1n) is 7.51. The maximum atomic E-state index is 12.1. The van der Waals surface area contributed by atoms with Gasteiger partial charge in [0.1, 0.15) is 0 Å². The Hall–Kier alpha value is -0.910. The van der Waals surface area contributed by atoms with E-state index < -0.39 is 0 Å². The highest BCUT2D eigenvalue weighted by molar-refractivity contribution is 9.10. The number of benzene rings is 1. The van der Waals surface area contributed by atoms with Crippen LogP contribution in [0.5, 0.6) is 0 Å². The highest BCUT2D eigenvalue weighted by Gasteiger charge is 2.13. The third-order valence-electron chi connectivity index (χ3n) is 3.90. The smallest absolute Gasteiger partial charge is 0.252 e. The molecule has 0 aliphatic carbocycles. The van der Waals surface area contributed by atoms with Crippen molar-refractivity contribution in [3.63, 3.8) is 0 Å². The molecule has 5 heteroatoms. The first kappa shape index (κ1) is 16.5. The average Bonchev–Trinajstić information content (AvgIpc) is 2.45. The van der Waals surface area contributed by atoms with Crippen molar-refractivity contribution in [2.24, 2.45) is 0 Å². The molecule has 0 aromatic heterocycles. The molecule has 1 heterocycles. The van der Waals surface area contributed by atoms with Gasteiger partial charge in [0.05, 0.1) is 5.56 Å². The molecule has 2 rings (SSSR count). The summed E-state index contributed by atoms with van der Waals surface area (Å²) in [5.74, 6) is 0.000234. The van der Waals surface area contributed by atoms with Crippen LogP contribution in [0, 0.1) is 6.92 Å². The molecule has 1 fully saturated rings. The van der Waals surface area contributed by atoms with Crippen molar-refractivity contribution in [3.8, 4) is 0 Å². The van der Waals surface area contributed by atoms with Crippen LogP contribution in [-0.4, -0.2) is 62.0 Å². The van der Waals surface area contributed by atoms with E-state index in [1.54, 1.807) is 0 Å². The SMILES string of the molecule is Cc1ccc(C(=O)NCCCN2CCN(C)CC2)c(Br)c1. The van der Waals surface area contributed by atoms with Gasteiger partial charge in [-0.25, -0.2) is 0 Å². The van der Waals surface area contributed by atoms with Crippen molar-refractivity contribution in [2.75, 3.05) is 46.3 Å². The zero-order chi connectivity index (χ0) is 15.2. The molecule has 4 nitrogen and oxygen atoms in total. The summed E-state index contributed by atoms with van der Waals surface area (Å²) >= 11 is 3.45. The van der Waals surface area contributed by atoms with Crippen LogP contribution in [0.2, 0.25) is 0 Å². The van der Waals surface area contributed by atoms with Crippen molar-refractivity contribution in [1.82, 2.24) is 15.1 Å². The first-order valence-corrected chi connectivity index (χ1v) is 8.31. The van der Waals surface area contributed by atoms with E-state index in [4.69, 9.17) is 0 Å². The highest BCUT2D eigenvalue weighted by atomic mass is 79.9. The van der Waals surface area contributed by atoms with Gasteiger partial charge in [0.2, 0.25) is 0 Å². The lowest BCUT2D eigenvalue weighted by Crippen LogP contribution is -2.45. The Morgan fingerprint density at radius 3 is 2.67 bits per heavy atom. The van der Waals surface area contributed by atoms with Crippen LogP contribution >= 0.6 is 15.9 Å². The summed E-state index contributed by atoms with van der Waals surface area (Å²) in [6.45, 7) is 8.35. The van der Waals surface area contributed by atoms with Gasteiger partial charge in [0.25, 0.3) is 5.91 Å². The van der Waals surface area contributed by atoms with Crippen LogP contribution in [0.1, 0.15) is 22.3 Å². The number of hydrogen-bond donors (Lipinski definition) is 1. The Balaban J connectivity index is 1.69. The number of halogens is 1. The molecule has 1 aliphatic rings. The molecule has 0 unspecified atom stereocenters. The molecule has 0 saturated carbocycles. The molecule has 1 saturated heterocycles. The Morgan fingerprint density at radius 2 is 2.00 bits per heavy atom. The van der Waals surface area contributed by atoms with Gasteiger partial charge in [-0.05, 0) is 60.6 Å². The fourth-order valence-corrected chi connectivity index (χ4v) is 3.15. The molecule has 1 aromatic rings. The zero-order valence-corrected chi connectivity index (χ0v) is 14.4. The standard InChI is InChI=1S/C16H24BrN3O/c1-13-4-5-14(15(17)12-13)16(21)18-6-3-7-20-10-8-19(2)9-11-20/h4-5,12H,3,6-11H2,1-2H3,(H,18,21). The predicted molar refractivity (Wildman–Crippen MR) is 89.8 cm³/mol. The zero-order valence-electron chi connectivity index (χ0n) is 12.9. The van der Waals surface area contributed by atoms with E-state index in [2.05, 4.69) is 38.1 Å². The second-order valence-corrected chi connectivity index (χ2v) is 6.59. The number of amides is 1. The number of hydrogen-bond acceptors (Lipinski definition) is 3. The van der Waals surface area contributed by atoms with E-state index >= 15 is 0 Å². The van der Waals surface area contributed by atoms with Crippen molar-refractivity contribution in [2.45, 2.75) is 13.3 Å². The molecule has 0 atom stereocenters. The number of rotatable bonds is 5. The summed E-state index contributed by atoms with van der Waals surface area (Å²) in [4.78, 5) is 16.9. The van der Waals surface area contributed by atoms with E-state index in [0.717, 1.165) is 55.7 Å². The Bertz CT molecular complexity index is 484. The van der Waals surface area contributed by atoms with Gasteiger partial charge in [-0.2, -0.15) is 0 Å². The van der Waals surface area contributed by atoms with Crippen LogP contribution in [-0.2, 0) is 0 Å². The molecule has 0 radical (unpaired) electrons. The van der Waals surface area contributed by atoms with Crippen molar-refractivity contribution < 1.29 is 4.79 Å². The molecule has 21 heavy (non-hydrogen) atoms. The van der Waals surface area contributed by atoms with Gasteiger partial charge in [-0.3, -0.25) is 4.79 Å². The molecular weight excluding hydrogens is 330 g/mol. The fourth-order valence-electron chi connectivity index (χ4n) is 2.48. The third kappa shape index (κ3) is 5.09. The topological polar surface area (TPSA) is 35.6 Å². The molecule has 1 N–H and O–H groups in total. The molecule has 1 aliphatic heterocycles. The largest absolute Gasteiger partial charge is 0.352 e. The summed E-state index contributed by atoms with van der Waals surface area (Å²) in [6.07, 6.45) is 0.999. The van der Waals surface area contributed by atoms with Gasteiger partial charge < -0.3 is 15.1 Å². The van der Waals surface area contributed by atoms with E-state index in [1.807, 2.05) is 25.1 Å². The molecule has 1 aromatic carbocycles. The summed E-state index contributed by atoms with van der Waals surface area (Å²) in [7, 11) is 2.16. The van der Waals surface area contributed by atoms with Crippen molar-refractivity contribution in [1.29, 1.82) is 0 Å². The number of aryl methyl sites for hydroxylation is 1. The minimum absolute atomic E-state index is 0.000234. The molecule has 0 bridgehead atoms. The summed E-state index contributed by atoms with van der Waals surface area (Å²) < 4.78 is 0.860. The van der Waals surface area contributed by atoms with Crippen LogP contribution in [0.25, 0.3) is 0 Å². The summed E-state index contributed by atoms with van der Waals surface area (Å²) in [5.41, 5.74) is 1.86. The highest BCUT2D eigenvalue weighted by Crippen LogP contribution is 2.18. The summed E-state index contributed by atoms with van der Waals surface area (Å²) in [6, 6.07) is 5.80. The van der Waals surface area contributed by atoms with Crippen LogP contribution in [0.15, 0.2) is 22.7 Å². The number of carbonyl (C=O) groups excluding carboxylic acids is 1. The molecule has 1 amide bonds. The minimum atomic E-state index is 0.000234. The van der Waals surface area contributed by atoms with Crippen molar-refractivity contribution >= 4 is 21.8 Å². The van der Waals surface area contributed by atoms with Gasteiger partial charge in [0, 0.05) is 37.2 Å². The normalized spacial score (nSPS) is 16.9. The van der Waals surface area contributed by atoms with Crippen LogP contribution in [0.4, 0.5) is 0 Å². The second kappa shape index (κ2) is 7.92. The lowest BCUT2D eigenvalue weighted by atomic mass is 10.1. The average molecular weight is 354 g/mol. The number of carbonyl (C=O) groups is 1. The molecule has 116 valence electrons. The van der Waals surface area contributed by atoms with Gasteiger partial charge in [-0.15, -0.1) is 0 Å². The summed E-state index contributed by atoms with van der Waals surface area (Å²) in [5, 5.41) is 3.00. The lowest BCUT2D eigenvalue weighted by molar-refractivity contribution is 0.0948. The van der Waals surface area contributed by atoms with Crippen LogP contribution < -0.4 is 5.32 Å². The monoisotopic (exact) mass is 353 g/mol. The molecule has 0 spiro atoms. The third-order valence-corrected chi connectivity index (χ3v) is 4.56.